The molecule has 1 aromatic carbocycles. The molecule has 0 saturated heterocycles. The maximum Gasteiger partial charge on any atom is 0.306 e. The Bertz CT molecular complexity index is 586. The van der Waals surface area contributed by atoms with E-state index in [4.69, 9.17) is 21.1 Å². The first-order valence-corrected chi connectivity index (χ1v) is 11.0. The minimum atomic E-state index is -0.153. The minimum Gasteiger partial charge on any atom is -0.466 e. The number of unbranched alkanes of at least 4 members (excludes halogenated alkanes) is 7. The number of carbonyl (C=O) groups excluding carboxylic acids is 2. The summed E-state index contributed by atoms with van der Waals surface area (Å²) in [5.74, 6) is -0.227. The van der Waals surface area contributed by atoms with Gasteiger partial charge in [0.25, 0.3) is 0 Å². The quantitative estimate of drug-likeness (QED) is 0.243. The number of benzene rings is 1. The third-order valence-electron chi connectivity index (χ3n) is 4.72. The molecule has 0 N–H and O–H groups in total. The highest BCUT2D eigenvalue weighted by atomic mass is 35.5. The van der Waals surface area contributed by atoms with Crippen LogP contribution in [0.15, 0.2) is 18.2 Å². The lowest BCUT2D eigenvalue weighted by Crippen LogP contribution is -2.05. The maximum absolute atomic E-state index is 11.8. The Labute approximate surface area is 174 Å². The summed E-state index contributed by atoms with van der Waals surface area (Å²) in [6.07, 6.45) is 10.1. The third-order valence-corrected chi connectivity index (χ3v) is 4.95. The molecule has 0 aliphatic carbocycles. The van der Waals surface area contributed by atoms with Crippen molar-refractivity contribution in [3.05, 3.63) is 34.3 Å². The summed E-state index contributed by atoms with van der Waals surface area (Å²) in [6.45, 7) is 4.95. The fourth-order valence-electron chi connectivity index (χ4n) is 2.91. The van der Waals surface area contributed by atoms with Gasteiger partial charge in [-0.25, -0.2) is 0 Å². The van der Waals surface area contributed by atoms with Crippen molar-refractivity contribution in [3.63, 3.8) is 0 Å². The number of hydrogen-bond acceptors (Lipinski definition) is 4. The van der Waals surface area contributed by atoms with Gasteiger partial charge in [0, 0.05) is 17.9 Å². The van der Waals surface area contributed by atoms with Crippen LogP contribution in [0.4, 0.5) is 0 Å². The highest BCUT2D eigenvalue weighted by Crippen LogP contribution is 2.16. The van der Waals surface area contributed by atoms with E-state index in [1.807, 2.05) is 25.1 Å². The Morgan fingerprint density at radius 1 is 0.857 bits per heavy atom. The van der Waals surface area contributed by atoms with Gasteiger partial charge in [0.1, 0.15) is 6.61 Å². The van der Waals surface area contributed by atoms with Crippen LogP contribution in [0.5, 0.6) is 0 Å². The lowest BCUT2D eigenvalue weighted by atomic mass is 10.1. The average molecular weight is 411 g/mol. The summed E-state index contributed by atoms with van der Waals surface area (Å²) < 4.78 is 10.5. The number of hydrogen-bond donors (Lipinski definition) is 0. The second kappa shape index (κ2) is 15.4. The second-order valence-corrected chi connectivity index (χ2v) is 7.72. The first kappa shape index (κ1) is 24.5. The molecule has 0 aromatic heterocycles. The molecule has 0 aliphatic rings. The zero-order valence-corrected chi connectivity index (χ0v) is 18.2. The average Bonchev–Trinajstić information content (AvgIpc) is 2.66. The van der Waals surface area contributed by atoms with Crippen LogP contribution < -0.4 is 0 Å². The van der Waals surface area contributed by atoms with Crippen molar-refractivity contribution < 1.29 is 19.1 Å². The molecule has 0 fully saturated rings. The van der Waals surface area contributed by atoms with Crippen molar-refractivity contribution >= 4 is 23.5 Å². The normalized spacial score (nSPS) is 10.7. The Morgan fingerprint density at radius 2 is 1.46 bits per heavy atom. The van der Waals surface area contributed by atoms with Crippen molar-refractivity contribution in [1.29, 1.82) is 0 Å². The number of ether oxygens (including phenoxy) is 2. The molecule has 0 heterocycles. The van der Waals surface area contributed by atoms with E-state index < -0.39 is 0 Å². The molecule has 0 spiro atoms. The Hall–Kier alpha value is -1.55. The Kier molecular flexibility index (Phi) is 13.5. The number of halogens is 1. The number of esters is 2. The van der Waals surface area contributed by atoms with E-state index in [1.54, 1.807) is 0 Å². The lowest BCUT2D eigenvalue weighted by molar-refractivity contribution is -0.145. The van der Waals surface area contributed by atoms with Crippen LogP contribution in [0.3, 0.4) is 0 Å². The number of carbonyl (C=O) groups is 2. The smallest absolute Gasteiger partial charge is 0.306 e. The topological polar surface area (TPSA) is 52.6 Å². The highest BCUT2D eigenvalue weighted by molar-refractivity contribution is 6.30. The largest absolute Gasteiger partial charge is 0.466 e. The van der Waals surface area contributed by atoms with Gasteiger partial charge in [0.05, 0.1) is 6.61 Å². The predicted octanol–water partition coefficient (Wildman–Crippen LogP) is 6.55. The van der Waals surface area contributed by atoms with Gasteiger partial charge in [0.2, 0.25) is 0 Å². The molecule has 1 rings (SSSR count). The molecular weight excluding hydrogens is 376 g/mol. The van der Waals surface area contributed by atoms with Crippen molar-refractivity contribution in [2.45, 2.75) is 91.1 Å². The molecule has 5 heteroatoms. The van der Waals surface area contributed by atoms with Crippen LogP contribution in [0, 0.1) is 6.92 Å². The SMILES string of the molecule is CCCCCOC(=O)CCCCCCCCC(=O)OCc1ccc(Cl)cc1C. The van der Waals surface area contributed by atoms with Crippen molar-refractivity contribution in [3.8, 4) is 0 Å². The molecular formula is C23H35ClO4. The van der Waals surface area contributed by atoms with Crippen molar-refractivity contribution in [1.82, 2.24) is 0 Å². The molecule has 0 unspecified atom stereocenters. The van der Waals surface area contributed by atoms with E-state index in [-0.39, 0.29) is 11.9 Å². The van der Waals surface area contributed by atoms with Gasteiger partial charge < -0.3 is 9.47 Å². The molecule has 0 saturated carbocycles. The van der Waals surface area contributed by atoms with E-state index in [2.05, 4.69) is 6.92 Å². The molecule has 4 nitrogen and oxygen atoms in total. The molecule has 0 amide bonds. The van der Waals surface area contributed by atoms with Crippen LogP contribution in [0.25, 0.3) is 0 Å². The molecule has 0 bridgehead atoms. The molecule has 28 heavy (non-hydrogen) atoms. The Morgan fingerprint density at radius 3 is 2.07 bits per heavy atom. The third kappa shape index (κ3) is 12.0. The van der Waals surface area contributed by atoms with E-state index in [9.17, 15) is 9.59 Å². The minimum absolute atomic E-state index is 0.0743. The zero-order chi connectivity index (χ0) is 20.6. The van der Waals surface area contributed by atoms with Crippen LogP contribution >= 0.6 is 11.6 Å². The van der Waals surface area contributed by atoms with Crippen LogP contribution in [-0.2, 0) is 25.7 Å². The molecule has 0 atom stereocenters. The summed E-state index contributed by atoms with van der Waals surface area (Å²) in [6, 6.07) is 5.58. The van der Waals surface area contributed by atoms with Gasteiger partial charge in [-0.05, 0) is 49.4 Å². The molecule has 0 radical (unpaired) electrons. The van der Waals surface area contributed by atoms with Gasteiger partial charge in [-0.3, -0.25) is 9.59 Å². The van der Waals surface area contributed by atoms with E-state index in [0.717, 1.165) is 68.9 Å². The van der Waals surface area contributed by atoms with Crippen molar-refractivity contribution in [2.75, 3.05) is 6.61 Å². The Balaban J connectivity index is 1.95. The monoisotopic (exact) mass is 410 g/mol. The van der Waals surface area contributed by atoms with Gasteiger partial charge in [-0.1, -0.05) is 63.1 Å². The predicted molar refractivity (Wildman–Crippen MR) is 113 cm³/mol. The van der Waals surface area contributed by atoms with Crippen molar-refractivity contribution in [2.24, 2.45) is 0 Å². The van der Waals surface area contributed by atoms with E-state index >= 15 is 0 Å². The zero-order valence-electron chi connectivity index (χ0n) is 17.4. The van der Waals surface area contributed by atoms with Crippen LogP contribution in [0.1, 0.15) is 88.7 Å². The van der Waals surface area contributed by atoms with Crippen LogP contribution in [-0.4, -0.2) is 18.5 Å². The van der Waals surface area contributed by atoms with E-state index in [1.165, 1.54) is 0 Å². The standard InChI is InChI=1S/C23H35ClO4/c1-3-4-11-16-27-22(25)12-9-7-5-6-8-10-13-23(26)28-18-20-14-15-21(24)17-19(20)2/h14-15,17H,3-13,16,18H2,1-2H3. The lowest BCUT2D eigenvalue weighted by Gasteiger charge is -2.08. The summed E-state index contributed by atoms with van der Waals surface area (Å²) in [4.78, 5) is 23.4. The highest BCUT2D eigenvalue weighted by Gasteiger charge is 2.06. The molecule has 158 valence electrons. The summed E-state index contributed by atoms with van der Waals surface area (Å²) in [7, 11) is 0. The number of aryl methyl sites for hydroxylation is 1. The van der Waals surface area contributed by atoms with E-state index in [0.29, 0.717) is 31.1 Å². The number of rotatable bonds is 15. The molecule has 1 aromatic rings. The summed E-state index contributed by atoms with van der Waals surface area (Å²) in [5.41, 5.74) is 2.02. The fourth-order valence-corrected chi connectivity index (χ4v) is 3.13. The maximum atomic E-state index is 11.8. The summed E-state index contributed by atoms with van der Waals surface area (Å²) >= 11 is 5.92. The van der Waals surface area contributed by atoms with Gasteiger partial charge >= 0.3 is 11.9 Å². The van der Waals surface area contributed by atoms with Crippen LogP contribution in [0.2, 0.25) is 5.02 Å². The first-order chi connectivity index (χ1) is 13.5. The van der Waals surface area contributed by atoms with Gasteiger partial charge in [0.15, 0.2) is 0 Å². The second-order valence-electron chi connectivity index (χ2n) is 7.28. The molecule has 0 aliphatic heterocycles. The summed E-state index contributed by atoms with van der Waals surface area (Å²) in [5, 5.41) is 0.691. The van der Waals surface area contributed by atoms with Gasteiger partial charge in [-0.15, -0.1) is 0 Å². The van der Waals surface area contributed by atoms with Gasteiger partial charge in [-0.2, -0.15) is 0 Å². The first-order valence-electron chi connectivity index (χ1n) is 10.6. The fraction of sp³-hybridized carbons (Fsp3) is 0.652.